The van der Waals surface area contributed by atoms with E-state index in [-0.39, 0.29) is 23.4 Å². The smallest absolute Gasteiger partial charge is 0.352 e. The fourth-order valence-corrected chi connectivity index (χ4v) is 3.91. The van der Waals surface area contributed by atoms with E-state index in [2.05, 4.69) is 22.2 Å². The fourth-order valence-electron chi connectivity index (χ4n) is 3.91. The normalized spacial score (nSPS) is 29.4. The Balaban J connectivity index is 1.78. The second-order valence-electron chi connectivity index (χ2n) is 5.98. The van der Waals surface area contributed by atoms with Crippen LogP contribution in [0.3, 0.4) is 0 Å². The molecule has 3 N–H and O–H groups in total. The van der Waals surface area contributed by atoms with E-state index in [1.54, 1.807) is 0 Å². The van der Waals surface area contributed by atoms with Crippen molar-refractivity contribution in [3.8, 4) is 0 Å². The molecule has 2 saturated carbocycles. The molecule has 2 aliphatic carbocycles. The lowest BCUT2D eigenvalue weighted by molar-refractivity contribution is -0.383. The zero-order chi connectivity index (χ0) is 14.3. The van der Waals surface area contributed by atoms with Crippen molar-refractivity contribution < 1.29 is 4.92 Å². The third-order valence-electron chi connectivity index (χ3n) is 4.83. The lowest BCUT2D eigenvalue weighted by Gasteiger charge is -2.28. The Morgan fingerprint density at radius 3 is 2.85 bits per heavy atom. The second kappa shape index (κ2) is 4.88. The van der Waals surface area contributed by atoms with E-state index >= 15 is 0 Å². The second-order valence-corrected chi connectivity index (χ2v) is 5.98. The zero-order valence-corrected chi connectivity index (χ0v) is 11.5. The average Bonchev–Trinajstić information content (AvgIpc) is 3.00. The van der Waals surface area contributed by atoms with Gasteiger partial charge in [-0.1, -0.05) is 6.42 Å². The number of aromatic nitrogens is 2. The highest BCUT2D eigenvalue weighted by molar-refractivity contribution is 5.67. The number of nitrogens with zero attached hydrogens (tertiary/aromatic N) is 3. The van der Waals surface area contributed by atoms with Crippen LogP contribution in [0.1, 0.15) is 32.6 Å². The van der Waals surface area contributed by atoms with Gasteiger partial charge in [-0.3, -0.25) is 10.1 Å². The van der Waals surface area contributed by atoms with Crippen molar-refractivity contribution in [1.82, 2.24) is 9.97 Å². The number of hydrogen-bond acceptors (Lipinski definition) is 6. The Hall–Kier alpha value is -1.92. The molecule has 1 aromatic rings. The predicted molar refractivity (Wildman–Crippen MR) is 75.1 cm³/mol. The number of rotatable bonds is 4. The standard InChI is InChI=1S/C13H19N5O2/c1-7(10-5-8-2-3-9(10)4-8)17-13-11(18(19)20)12(14)15-6-16-13/h6-10H,2-5H2,1H3,(H3,14,15,16,17)/t7-,8-,9-,10-/m0/s1. The Labute approximate surface area is 117 Å². The monoisotopic (exact) mass is 277 g/mol. The van der Waals surface area contributed by atoms with Gasteiger partial charge in [0, 0.05) is 6.04 Å². The van der Waals surface area contributed by atoms with Gasteiger partial charge in [0.2, 0.25) is 11.6 Å². The van der Waals surface area contributed by atoms with Crippen molar-refractivity contribution in [2.45, 2.75) is 38.6 Å². The molecule has 1 aromatic heterocycles. The van der Waals surface area contributed by atoms with Crippen LogP contribution in [0.5, 0.6) is 0 Å². The molecule has 0 aromatic carbocycles. The maximum atomic E-state index is 11.1. The average molecular weight is 277 g/mol. The lowest BCUT2D eigenvalue weighted by atomic mass is 9.84. The molecule has 0 saturated heterocycles. The van der Waals surface area contributed by atoms with E-state index in [1.807, 2.05) is 0 Å². The number of nitrogen functional groups attached to an aromatic ring is 1. The van der Waals surface area contributed by atoms with Gasteiger partial charge in [0.15, 0.2) is 0 Å². The minimum absolute atomic E-state index is 0.0901. The van der Waals surface area contributed by atoms with Gasteiger partial charge in [0.05, 0.1) is 4.92 Å². The molecule has 1 heterocycles. The van der Waals surface area contributed by atoms with Crippen LogP contribution in [0.2, 0.25) is 0 Å². The first-order valence-corrected chi connectivity index (χ1v) is 7.07. The van der Waals surface area contributed by atoms with Crippen molar-refractivity contribution in [2.24, 2.45) is 17.8 Å². The van der Waals surface area contributed by atoms with Gasteiger partial charge in [0.25, 0.3) is 0 Å². The first-order chi connectivity index (χ1) is 9.56. The summed E-state index contributed by atoms with van der Waals surface area (Å²) in [5, 5.41) is 14.3. The highest BCUT2D eigenvalue weighted by Gasteiger charge is 2.42. The summed E-state index contributed by atoms with van der Waals surface area (Å²) in [4.78, 5) is 18.2. The molecule has 4 atom stereocenters. The summed E-state index contributed by atoms with van der Waals surface area (Å²) >= 11 is 0. The maximum Gasteiger partial charge on any atom is 0.352 e. The molecular formula is C13H19N5O2. The quantitative estimate of drug-likeness (QED) is 0.645. The molecule has 0 unspecified atom stereocenters. The van der Waals surface area contributed by atoms with Crippen molar-refractivity contribution in [1.29, 1.82) is 0 Å². The van der Waals surface area contributed by atoms with Gasteiger partial charge in [-0.05, 0) is 43.9 Å². The first-order valence-electron chi connectivity index (χ1n) is 7.07. The van der Waals surface area contributed by atoms with E-state index in [1.165, 1.54) is 32.0 Å². The fraction of sp³-hybridized carbons (Fsp3) is 0.692. The Morgan fingerprint density at radius 2 is 2.25 bits per heavy atom. The van der Waals surface area contributed by atoms with Crippen molar-refractivity contribution in [3.63, 3.8) is 0 Å². The summed E-state index contributed by atoms with van der Waals surface area (Å²) in [6.07, 6.45) is 6.42. The molecule has 7 nitrogen and oxygen atoms in total. The maximum absolute atomic E-state index is 11.1. The predicted octanol–water partition coefficient (Wildman–Crippen LogP) is 2.20. The van der Waals surface area contributed by atoms with Gasteiger partial charge >= 0.3 is 5.69 Å². The highest BCUT2D eigenvalue weighted by Crippen LogP contribution is 2.50. The molecular weight excluding hydrogens is 258 g/mol. The van der Waals surface area contributed by atoms with Crippen LogP contribution in [-0.4, -0.2) is 20.9 Å². The van der Waals surface area contributed by atoms with Gasteiger partial charge in [-0.15, -0.1) is 0 Å². The van der Waals surface area contributed by atoms with Gasteiger partial charge < -0.3 is 11.1 Å². The van der Waals surface area contributed by atoms with E-state index in [4.69, 9.17) is 5.73 Å². The van der Waals surface area contributed by atoms with Gasteiger partial charge in [0.1, 0.15) is 6.33 Å². The molecule has 0 radical (unpaired) electrons. The van der Waals surface area contributed by atoms with Crippen molar-refractivity contribution >= 4 is 17.3 Å². The number of nitrogens with one attached hydrogen (secondary N) is 1. The van der Waals surface area contributed by atoms with Crippen LogP contribution in [-0.2, 0) is 0 Å². The summed E-state index contributed by atoms with van der Waals surface area (Å²) in [5.74, 6) is 2.32. The van der Waals surface area contributed by atoms with Gasteiger partial charge in [-0.2, -0.15) is 0 Å². The summed E-state index contributed by atoms with van der Waals surface area (Å²) in [7, 11) is 0. The lowest BCUT2D eigenvalue weighted by Crippen LogP contribution is -2.30. The molecule has 0 amide bonds. The summed E-state index contributed by atoms with van der Waals surface area (Å²) in [5.41, 5.74) is 5.36. The molecule has 0 aliphatic heterocycles. The Kier molecular flexibility index (Phi) is 3.19. The molecule has 7 heteroatoms. The van der Waals surface area contributed by atoms with E-state index < -0.39 is 4.92 Å². The molecule has 20 heavy (non-hydrogen) atoms. The number of hydrogen-bond donors (Lipinski definition) is 2. The van der Waals surface area contributed by atoms with E-state index in [9.17, 15) is 10.1 Å². The minimum atomic E-state index is -0.523. The topological polar surface area (TPSA) is 107 Å². The van der Waals surface area contributed by atoms with Crippen LogP contribution in [0, 0.1) is 27.9 Å². The molecule has 2 fully saturated rings. The summed E-state index contributed by atoms with van der Waals surface area (Å²) < 4.78 is 0. The summed E-state index contributed by atoms with van der Waals surface area (Å²) in [6.45, 7) is 2.08. The van der Waals surface area contributed by atoms with Crippen LogP contribution < -0.4 is 11.1 Å². The van der Waals surface area contributed by atoms with E-state index in [0.29, 0.717) is 5.92 Å². The number of nitrogens with two attached hydrogens (primary N) is 1. The van der Waals surface area contributed by atoms with Crippen LogP contribution in [0.4, 0.5) is 17.3 Å². The van der Waals surface area contributed by atoms with Gasteiger partial charge in [-0.25, -0.2) is 9.97 Å². The highest BCUT2D eigenvalue weighted by atomic mass is 16.6. The number of fused-ring (bicyclic) bond motifs is 2. The first kappa shape index (κ1) is 13.1. The molecule has 0 spiro atoms. The third-order valence-corrected chi connectivity index (χ3v) is 4.83. The van der Waals surface area contributed by atoms with Crippen molar-refractivity contribution in [3.05, 3.63) is 16.4 Å². The largest absolute Gasteiger partial charge is 0.378 e. The van der Waals surface area contributed by atoms with Crippen LogP contribution in [0.25, 0.3) is 0 Å². The third kappa shape index (κ3) is 2.17. The minimum Gasteiger partial charge on any atom is -0.378 e. The van der Waals surface area contributed by atoms with E-state index in [0.717, 1.165) is 11.8 Å². The van der Waals surface area contributed by atoms with Crippen LogP contribution in [0.15, 0.2) is 6.33 Å². The SMILES string of the molecule is C[C@H](Nc1ncnc(N)c1[N+](=O)[O-])[C@@H]1C[C@H]2CC[C@H]1C2. The molecule has 3 rings (SSSR count). The van der Waals surface area contributed by atoms with Crippen LogP contribution >= 0.6 is 0 Å². The molecule has 108 valence electrons. The number of nitro groups is 1. The molecule has 2 aliphatic rings. The summed E-state index contributed by atoms with van der Waals surface area (Å²) in [6, 6.07) is 0.165. The number of anilines is 2. The Morgan fingerprint density at radius 1 is 1.45 bits per heavy atom. The molecule has 2 bridgehead atoms. The van der Waals surface area contributed by atoms with Crippen molar-refractivity contribution in [2.75, 3.05) is 11.1 Å². The zero-order valence-electron chi connectivity index (χ0n) is 11.5. The Bertz CT molecular complexity index is 535.